The van der Waals surface area contributed by atoms with Gasteiger partial charge in [0.1, 0.15) is 11.5 Å². The number of hydrogen-bond donors (Lipinski definition) is 0. The first-order valence-corrected chi connectivity index (χ1v) is 9.46. The number of esters is 1. The number of ether oxygens (including phenoxy) is 2. The molecule has 0 aliphatic heterocycles. The van der Waals surface area contributed by atoms with Gasteiger partial charge >= 0.3 is 5.97 Å². The lowest BCUT2D eigenvalue weighted by molar-refractivity contribution is 0.0734. The largest absolute Gasteiger partial charge is 0.493 e. The molecular weight excluding hydrogens is 374 g/mol. The maximum atomic E-state index is 13.3. The topological polar surface area (TPSA) is 35.5 Å². The van der Waals surface area contributed by atoms with Gasteiger partial charge in [-0.25, -0.2) is 13.6 Å². The van der Waals surface area contributed by atoms with Crippen molar-refractivity contribution in [2.75, 3.05) is 6.61 Å². The van der Waals surface area contributed by atoms with Crippen molar-refractivity contribution in [3.05, 3.63) is 83.9 Å². The second-order valence-corrected chi connectivity index (χ2v) is 6.89. The molecule has 1 atom stereocenters. The summed E-state index contributed by atoms with van der Waals surface area (Å²) in [6.07, 6.45) is 1.07. The van der Waals surface area contributed by atoms with Gasteiger partial charge in [0.05, 0.1) is 12.2 Å². The second kappa shape index (κ2) is 9.32. The van der Waals surface area contributed by atoms with Crippen molar-refractivity contribution in [1.29, 1.82) is 0 Å². The van der Waals surface area contributed by atoms with Crippen molar-refractivity contribution < 1.29 is 23.0 Å². The van der Waals surface area contributed by atoms with Crippen LogP contribution in [-0.2, 0) is 0 Å². The summed E-state index contributed by atoms with van der Waals surface area (Å²) in [6, 6.07) is 17.6. The molecule has 3 aromatic rings. The Morgan fingerprint density at radius 1 is 0.862 bits per heavy atom. The molecule has 0 fully saturated rings. The highest BCUT2D eigenvalue weighted by Gasteiger charge is 2.12. The smallest absolute Gasteiger partial charge is 0.343 e. The number of carbonyl (C=O) groups is 1. The van der Waals surface area contributed by atoms with Gasteiger partial charge in [0, 0.05) is 0 Å². The van der Waals surface area contributed by atoms with Gasteiger partial charge in [-0.05, 0) is 59.5 Å². The summed E-state index contributed by atoms with van der Waals surface area (Å²) in [4.78, 5) is 12.1. The molecule has 0 spiro atoms. The molecule has 150 valence electrons. The van der Waals surface area contributed by atoms with Gasteiger partial charge in [0.25, 0.3) is 0 Å². The zero-order valence-electron chi connectivity index (χ0n) is 16.3. The Morgan fingerprint density at radius 3 is 2.00 bits per heavy atom. The number of benzene rings is 3. The molecule has 0 amide bonds. The van der Waals surface area contributed by atoms with Crippen molar-refractivity contribution in [1.82, 2.24) is 0 Å². The summed E-state index contributed by atoms with van der Waals surface area (Å²) in [6.45, 7) is 4.97. The van der Waals surface area contributed by atoms with E-state index in [2.05, 4.69) is 13.8 Å². The third-order valence-electron chi connectivity index (χ3n) is 4.64. The van der Waals surface area contributed by atoms with Gasteiger partial charge < -0.3 is 9.47 Å². The third-order valence-corrected chi connectivity index (χ3v) is 4.64. The Labute approximate surface area is 168 Å². The first kappa shape index (κ1) is 20.5. The highest BCUT2D eigenvalue weighted by Crippen LogP contribution is 2.25. The van der Waals surface area contributed by atoms with E-state index in [0.717, 1.165) is 35.4 Å². The molecule has 0 unspecified atom stereocenters. The predicted molar refractivity (Wildman–Crippen MR) is 108 cm³/mol. The van der Waals surface area contributed by atoms with Gasteiger partial charge in [0.15, 0.2) is 11.6 Å². The average Bonchev–Trinajstić information content (AvgIpc) is 2.74. The first-order valence-electron chi connectivity index (χ1n) is 9.46. The maximum absolute atomic E-state index is 13.3. The van der Waals surface area contributed by atoms with Crippen molar-refractivity contribution in [3.8, 4) is 22.6 Å². The molecule has 0 heterocycles. The van der Waals surface area contributed by atoms with Crippen LogP contribution in [0.5, 0.6) is 11.5 Å². The molecule has 0 bridgehead atoms. The lowest BCUT2D eigenvalue weighted by atomic mass is 10.1. The maximum Gasteiger partial charge on any atom is 0.343 e. The molecule has 0 saturated heterocycles. The first-order chi connectivity index (χ1) is 14.0. The third kappa shape index (κ3) is 5.41. The molecule has 0 aliphatic rings. The molecular formula is C24H22F2O3. The van der Waals surface area contributed by atoms with Crippen LogP contribution in [0.25, 0.3) is 11.1 Å². The van der Waals surface area contributed by atoms with Gasteiger partial charge in [-0.3, -0.25) is 0 Å². The minimum atomic E-state index is -1.09. The van der Waals surface area contributed by atoms with Gasteiger partial charge in [-0.1, -0.05) is 44.5 Å². The van der Waals surface area contributed by atoms with E-state index >= 15 is 0 Å². The van der Waals surface area contributed by atoms with Gasteiger partial charge in [0.2, 0.25) is 0 Å². The zero-order chi connectivity index (χ0) is 20.8. The van der Waals surface area contributed by atoms with Crippen LogP contribution < -0.4 is 9.47 Å². The Hall–Kier alpha value is -3.21. The van der Waals surface area contributed by atoms with E-state index < -0.39 is 17.6 Å². The Balaban J connectivity index is 1.63. The van der Waals surface area contributed by atoms with Crippen LogP contribution >= 0.6 is 0 Å². The summed E-state index contributed by atoms with van der Waals surface area (Å²) < 4.78 is 37.2. The lowest BCUT2D eigenvalue weighted by Gasteiger charge is -2.11. The van der Waals surface area contributed by atoms with E-state index in [0.29, 0.717) is 18.3 Å². The molecule has 3 aromatic carbocycles. The van der Waals surface area contributed by atoms with Crippen LogP contribution in [0.1, 0.15) is 30.6 Å². The summed E-state index contributed by atoms with van der Waals surface area (Å²) in [5, 5.41) is 0. The standard InChI is InChI=1S/C24H22F2O3/c1-3-16(2)15-28-20-9-4-17(5-10-20)18-6-11-21(12-7-18)29-24(27)19-8-13-22(25)23(26)14-19/h4-14,16H,3,15H2,1-2H3/t16-/m0/s1. The molecule has 3 rings (SSSR count). The van der Waals surface area contributed by atoms with Crippen molar-refractivity contribution >= 4 is 5.97 Å². The summed E-state index contributed by atoms with van der Waals surface area (Å²) in [7, 11) is 0. The van der Waals surface area contributed by atoms with Gasteiger partial charge in [-0.2, -0.15) is 0 Å². The molecule has 0 aliphatic carbocycles. The quantitative estimate of drug-likeness (QED) is 0.348. The molecule has 0 aromatic heterocycles. The monoisotopic (exact) mass is 396 g/mol. The Morgan fingerprint density at radius 2 is 1.45 bits per heavy atom. The summed E-state index contributed by atoms with van der Waals surface area (Å²) >= 11 is 0. The second-order valence-electron chi connectivity index (χ2n) is 6.89. The van der Waals surface area contributed by atoms with Gasteiger partial charge in [-0.15, -0.1) is 0 Å². The minimum absolute atomic E-state index is 0.0547. The highest BCUT2D eigenvalue weighted by atomic mass is 19.2. The van der Waals surface area contributed by atoms with Crippen LogP contribution in [0.4, 0.5) is 8.78 Å². The fourth-order valence-corrected chi connectivity index (χ4v) is 2.60. The van der Waals surface area contributed by atoms with Crippen LogP contribution in [0.2, 0.25) is 0 Å². The number of carbonyl (C=O) groups excluding carboxylic acids is 1. The van der Waals surface area contributed by atoms with E-state index in [1.807, 2.05) is 36.4 Å². The Kier molecular flexibility index (Phi) is 6.60. The zero-order valence-corrected chi connectivity index (χ0v) is 16.3. The van der Waals surface area contributed by atoms with Crippen LogP contribution in [0.15, 0.2) is 66.7 Å². The van der Waals surface area contributed by atoms with E-state index in [1.54, 1.807) is 12.1 Å². The van der Waals surface area contributed by atoms with Crippen LogP contribution in [-0.4, -0.2) is 12.6 Å². The fourth-order valence-electron chi connectivity index (χ4n) is 2.60. The highest BCUT2D eigenvalue weighted by molar-refractivity contribution is 5.91. The van der Waals surface area contributed by atoms with Crippen molar-refractivity contribution in [3.63, 3.8) is 0 Å². The van der Waals surface area contributed by atoms with Crippen LogP contribution in [0.3, 0.4) is 0 Å². The molecule has 5 heteroatoms. The van der Waals surface area contributed by atoms with E-state index in [1.165, 1.54) is 6.07 Å². The normalized spacial score (nSPS) is 11.7. The lowest BCUT2D eigenvalue weighted by Crippen LogP contribution is -2.09. The van der Waals surface area contributed by atoms with Crippen molar-refractivity contribution in [2.24, 2.45) is 5.92 Å². The number of rotatable bonds is 7. The molecule has 0 N–H and O–H groups in total. The van der Waals surface area contributed by atoms with Crippen molar-refractivity contribution in [2.45, 2.75) is 20.3 Å². The fraction of sp³-hybridized carbons (Fsp3) is 0.208. The van der Waals surface area contributed by atoms with E-state index in [9.17, 15) is 13.6 Å². The molecule has 29 heavy (non-hydrogen) atoms. The van der Waals surface area contributed by atoms with E-state index in [-0.39, 0.29) is 5.56 Å². The Bertz CT molecular complexity index is 966. The predicted octanol–water partition coefficient (Wildman–Crippen LogP) is 6.28. The minimum Gasteiger partial charge on any atom is -0.493 e. The SMILES string of the molecule is CC[C@H](C)COc1ccc(-c2ccc(OC(=O)c3ccc(F)c(F)c3)cc2)cc1. The average molecular weight is 396 g/mol. The van der Waals surface area contributed by atoms with Crippen LogP contribution in [0, 0.1) is 17.6 Å². The number of halogens is 2. The summed E-state index contributed by atoms with van der Waals surface area (Å²) in [5.74, 6) is -1.20. The summed E-state index contributed by atoms with van der Waals surface area (Å²) in [5.41, 5.74) is 1.89. The van der Waals surface area contributed by atoms with E-state index in [4.69, 9.17) is 9.47 Å². The molecule has 0 radical (unpaired) electrons. The molecule has 3 nitrogen and oxygen atoms in total. The molecule has 0 saturated carbocycles. The number of hydrogen-bond acceptors (Lipinski definition) is 3.